The summed E-state index contributed by atoms with van der Waals surface area (Å²) in [5.74, 6) is 2.60. The van der Waals surface area contributed by atoms with Gasteiger partial charge in [0.15, 0.2) is 0 Å². The molecule has 0 bridgehead atoms. The van der Waals surface area contributed by atoms with Crippen LogP contribution >= 0.6 is 0 Å². The molecule has 0 saturated carbocycles. The topological polar surface area (TPSA) is 0 Å². The second kappa shape index (κ2) is 8.56. The van der Waals surface area contributed by atoms with E-state index in [1.54, 1.807) is 0 Å². The predicted molar refractivity (Wildman–Crippen MR) is 46.5 cm³/mol. The molecule has 0 unspecified atom stereocenters. The standard InChI is InChI=1S/C10H17/c1-3-5-7-9-10-8-6-4-2/h1,7H,4-6,8-10H2,2H3. The molecule has 0 N–H and O–H groups in total. The zero-order valence-corrected chi connectivity index (χ0v) is 6.90. The van der Waals surface area contributed by atoms with Crippen LogP contribution < -0.4 is 0 Å². The minimum absolute atomic E-state index is 0.839. The SMILES string of the molecule is C#CC[CH]CCCCCC. The van der Waals surface area contributed by atoms with Gasteiger partial charge in [0.2, 0.25) is 0 Å². The minimum Gasteiger partial charge on any atom is -0.120 e. The molecule has 1 radical (unpaired) electrons. The quantitative estimate of drug-likeness (QED) is 0.389. The minimum atomic E-state index is 0.839. The molecule has 0 spiro atoms. The van der Waals surface area contributed by atoms with Crippen molar-refractivity contribution in [2.45, 2.75) is 45.4 Å². The van der Waals surface area contributed by atoms with E-state index < -0.39 is 0 Å². The fourth-order valence-electron chi connectivity index (χ4n) is 0.901. The summed E-state index contributed by atoms with van der Waals surface area (Å²) in [5.41, 5.74) is 0. The van der Waals surface area contributed by atoms with Gasteiger partial charge in [0.05, 0.1) is 0 Å². The third kappa shape index (κ3) is 7.56. The van der Waals surface area contributed by atoms with Gasteiger partial charge in [-0.1, -0.05) is 32.6 Å². The first-order valence-corrected chi connectivity index (χ1v) is 4.17. The summed E-state index contributed by atoms with van der Waals surface area (Å²) in [6.45, 7) is 2.23. The van der Waals surface area contributed by atoms with E-state index in [-0.39, 0.29) is 0 Å². The Hall–Kier alpha value is -0.440. The van der Waals surface area contributed by atoms with E-state index >= 15 is 0 Å². The summed E-state index contributed by atoms with van der Waals surface area (Å²) in [6, 6.07) is 0. The van der Waals surface area contributed by atoms with Gasteiger partial charge in [-0.05, 0) is 12.8 Å². The largest absolute Gasteiger partial charge is 0.120 e. The lowest BCUT2D eigenvalue weighted by molar-refractivity contribution is 0.659. The van der Waals surface area contributed by atoms with E-state index in [4.69, 9.17) is 6.42 Å². The van der Waals surface area contributed by atoms with Gasteiger partial charge in [-0.25, -0.2) is 0 Å². The van der Waals surface area contributed by atoms with Crippen LogP contribution in [0.5, 0.6) is 0 Å². The van der Waals surface area contributed by atoms with Crippen molar-refractivity contribution in [1.82, 2.24) is 0 Å². The summed E-state index contributed by atoms with van der Waals surface area (Å²) in [4.78, 5) is 0. The van der Waals surface area contributed by atoms with Crippen LogP contribution in [0.3, 0.4) is 0 Å². The highest BCUT2D eigenvalue weighted by atomic mass is 13.9. The van der Waals surface area contributed by atoms with Crippen molar-refractivity contribution in [3.05, 3.63) is 6.42 Å². The van der Waals surface area contributed by atoms with Crippen LogP contribution in [0.2, 0.25) is 0 Å². The van der Waals surface area contributed by atoms with Crippen LogP contribution in [-0.2, 0) is 0 Å². The molecule has 0 atom stereocenters. The van der Waals surface area contributed by atoms with Crippen molar-refractivity contribution >= 4 is 0 Å². The molecular formula is C10H17. The highest BCUT2D eigenvalue weighted by Gasteiger charge is 1.87. The summed E-state index contributed by atoms with van der Waals surface area (Å²) in [7, 11) is 0. The molecule has 0 rings (SSSR count). The first kappa shape index (κ1) is 9.56. The normalized spacial score (nSPS) is 9.20. The fraction of sp³-hybridized carbons (Fsp3) is 0.700. The zero-order valence-electron chi connectivity index (χ0n) is 6.90. The van der Waals surface area contributed by atoms with E-state index in [9.17, 15) is 0 Å². The van der Waals surface area contributed by atoms with Crippen LogP contribution in [-0.4, -0.2) is 0 Å². The molecule has 0 amide bonds. The van der Waals surface area contributed by atoms with Crippen LogP contribution in [0, 0.1) is 18.8 Å². The molecule has 0 nitrogen and oxygen atoms in total. The number of hydrogen-bond donors (Lipinski definition) is 0. The van der Waals surface area contributed by atoms with E-state index in [0.29, 0.717) is 0 Å². The van der Waals surface area contributed by atoms with Gasteiger partial charge in [0.1, 0.15) is 0 Å². The molecule has 0 aromatic rings. The van der Waals surface area contributed by atoms with E-state index in [1.807, 2.05) is 0 Å². The number of rotatable bonds is 6. The molecule has 0 heteroatoms. The predicted octanol–water partition coefficient (Wildman–Crippen LogP) is 3.18. The van der Waals surface area contributed by atoms with Crippen LogP contribution in [0.15, 0.2) is 0 Å². The maximum absolute atomic E-state index is 5.09. The Kier molecular flexibility index (Phi) is 8.18. The Balaban J connectivity index is 2.72. The van der Waals surface area contributed by atoms with Gasteiger partial charge in [0, 0.05) is 6.42 Å². The molecule has 0 fully saturated rings. The number of unbranched alkanes of at least 4 members (excludes halogenated alkanes) is 6. The second-order valence-electron chi connectivity index (χ2n) is 2.55. The van der Waals surface area contributed by atoms with Crippen LogP contribution in [0.25, 0.3) is 0 Å². The molecule has 0 aliphatic carbocycles. The van der Waals surface area contributed by atoms with Crippen molar-refractivity contribution in [2.75, 3.05) is 0 Å². The summed E-state index contributed by atoms with van der Waals surface area (Å²) >= 11 is 0. The van der Waals surface area contributed by atoms with Gasteiger partial charge >= 0.3 is 0 Å². The Labute approximate surface area is 65.0 Å². The second-order valence-corrected chi connectivity index (χ2v) is 2.55. The molecule has 0 aliphatic rings. The summed E-state index contributed by atoms with van der Waals surface area (Å²) < 4.78 is 0. The highest BCUT2D eigenvalue weighted by Crippen LogP contribution is 2.04. The number of hydrogen-bond acceptors (Lipinski definition) is 0. The molecule has 0 aromatic heterocycles. The van der Waals surface area contributed by atoms with Crippen molar-refractivity contribution in [1.29, 1.82) is 0 Å². The smallest absolute Gasteiger partial charge is 0.0117 e. The maximum atomic E-state index is 5.09. The molecular weight excluding hydrogens is 120 g/mol. The van der Waals surface area contributed by atoms with E-state index in [1.165, 1.54) is 32.1 Å². The van der Waals surface area contributed by atoms with Crippen molar-refractivity contribution < 1.29 is 0 Å². The lowest BCUT2D eigenvalue weighted by atomic mass is 10.1. The molecule has 0 heterocycles. The maximum Gasteiger partial charge on any atom is 0.0117 e. The molecule has 0 aromatic carbocycles. The highest BCUT2D eigenvalue weighted by molar-refractivity contribution is 4.90. The Morgan fingerprint density at radius 1 is 1.30 bits per heavy atom. The first-order valence-electron chi connectivity index (χ1n) is 4.17. The van der Waals surface area contributed by atoms with Crippen molar-refractivity contribution in [3.63, 3.8) is 0 Å². The first-order chi connectivity index (χ1) is 4.91. The molecule has 0 aliphatic heterocycles. The van der Waals surface area contributed by atoms with Crippen molar-refractivity contribution in [3.8, 4) is 12.3 Å². The molecule has 0 saturated heterocycles. The van der Waals surface area contributed by atoms with E-state index in [0.717, 1.165) is 6.42 Å². The Morgan fingerprint density at radius 3 is 2.70 bits per heavy atom. The summed E-state index contributed by atoms with van der Waals surface area (Å²) in [6.07, 6.45) is 14.7. The Bertz CT molecular complexity index is 86.7. The van der Waals surface area contributed by atoms with E-state index in [2.05, 4.69) is 19.3 Å². The third-order valence-corrected chi connectivity index (χ3v) is 1.52. The lowest BCUT2D eigenvalue weighted by Gasteiger charge is -1.95. The average molecular weight is 137 g/mol. The van der Waals surface area contributed by atoms with Gasteiger partial charge in [-0.2, -0.15) is 0 Å². The average Bonchev–Trinajstić information content (AvgIpc) is 1.97. The third-order valence-electron chi connectivity index (χ3n) is 1.52. The summed E-state index contributed by atoms with van der Waals surface area (Å²) in [5, 5.41) is 0. The van der Waals surface area contributed by atoms with Gasteiger partial charge < -0.3 is 0 Å². The molecule has 10 heavy (non-hydrogen) atoms. The van der Waals surface area contributed by atoms with Crippen LogP contribution in [0.1, 0.15) is 45.4 Å². The van der Waals surface area contributed by atoms with Gasteiger partial charge in [-0.15, -0.1) is 12.3 Å². The zero-order chi connectivity index (χ0) is 7.66. The van der Waals surface area contributed by atoms with Crippen molar-refractivity contribution in [2.24, 2.45) is 0 Å². The van der Waals surface area contributed by atoms with Gasteiger partial charge in [0.25, 0.3) is 0 Å². The number of terminal acetylenes is 1. The monoisotopic (exact) mass is 137 g/mol. The van der Waals surface area contributed by atoms with Crippen LogP contribution in [0.4, 0.5) is 0 Å². The molecule has 57 valence electrons. The van der Waals surface area contributed by atoms with Gasteiger partial charge in [-0.3, -0.25) is 0 Å². The fourth-order valence-corrected chi connectivity index (χ4v) is 0.901. The Morgan fingerprint density at radius 2 is 2.10 bits per heavy atom. The lowest BCUT2D eigenvalue weighted by Crippen LogP contribution is -1.78.